The van der Waals surface area contributed by atoms with Gasteiger partial charge in [-0.2, -0.15) is 10.5 Å². The van der Waals surface area contributed by atoms with Crippen molar-refractivity contribution in [3.8, 4) is 17.9 Å². The van der Waals surface area contributed by atoms with Crippen LogP contribution in [-0.4, -0.2) is 32.5 Å². The summed E-state index contributed by atoms with van der Waals surface area (Å²) in [6, 6.07) is 32.4. The van der Waals surface area contributed by atoms with E-state index in [2.05, 4.69) is 28.1 Å². The van der Waals surface area contributed by atoms with Crippen molar-refractivity contribution < 1.29 is 23.9 Å². The number of halogens is 1. The number of carbonyl (C=O) groups excluding carboxylic acids is 1. The maximum absolute atomic E-state index is 14.3. The minimum atomic E-state index is -4.91. The van der Waals surface area contributed by atoms with Gasteiger partial charge in [0.05, 0.1) is 41.1 Å². The van der Waals surface area contributed by atoms with Gasteiger partial charge in [0, 0.05) is 33.6 Å². The molecule has 8 nitrogen and oxygen atoms in total. The minimum Gasteiger partial charge on any atom is -0.496 e. The first-order valence-corrected chi connectivity index (χ1v) is 16.7. The van der Waals surface area contributed by atoms with Crippen molar-refractivity contribution >= 4 is 52.0 Å². The van der Waals surface area contributed by atoms with Gasteiger partial charge >= 0.3 is 7.60 Å². The molecule has 230 valence electrons. The van der Waals surface area contributed by atoms with Crippen LogP contribution in [0, 0.1) is 22.7 Å². The largest absolute Gasteiger partial charge is 0.496 e. The van der Waals surface area contributed by atoms with Crippen LogP contribution >= 0.6 is 23.5 Å². The van der Waals surface area contributed by atoms with Crippen molar-refractivity contribution in [2.75, 3.05) is 7.11 Å². The summed E-state index contributed by atoms with van der Waals surface area (Å²) in [6.45, 7) is 0. The van der Waals surface area contributed by atoms with E-state index in [0.717, 1.165) is 0 Å². The molecule has 1 heterocycles. The van der Waals surface area contributed by atoms with E-state index >= 15 is 0 Å². The topological polar surface area (TPSA) is 136 Å². The quantitative estimate of drug-likeness (QED) is 0.113. The molecule has 0 amide bonds. The molecule has 4 aromatic carbocycles. The number of nitriles is 2. The molecular formula is C36H29BrN3O5P. The van der Waals surface area contributed by atoms with E-state index in [4.69, 9.17) is 4.74 Å². The number of hydrogen-bond acceptors (Lipinski definition) is 5. The van der Waals surface area contributed by atoms with Crippen LogP contribution in [0.1, 0.15) is 39.0 Å². The molecule has 0 saturated carbocycles. The second-order valence-electron chi connectivity index (χ2n) is 11.0. The Balaban J connectivity index is 1.65. The second kappa shape index (κ2) is 13.7. The molecule has 0 aliphatic heterocycles. The number of allylic oxidation sites excluding steroid dienone is 1. The smallest absolute Gasteiger partial charge is 0.332 e. The van der Waals surface area contributed by atoms with Crippen LogP contribution in [0.3, 0.4) is 0 Å². The number of methoxy groups -OCH3 is 1. The van der Waals surface area contributed by atoms with Gasteiger partial charge in [-0.15, -0.1) is 0 Å². The highest BCUT2D eigenvalue weighted by Gasteiger charge is 2.48. The number of benzene rings is 4. The molecule has 0 aliphatic rings. The van der Waals surface area contributed by atoms with E-state index in [9.17, 15) is 29.7 Å². The Hall–Kier alpha value is -4.76. The Kier molecular flexibility index (Phi) is 9.72. The molecule has 0 unspecified atom stereocenters. The highest BCUT2D eigenvalue weighted by Crippen LogP contribution is 2.56. The molecule has 10 heteroatoms. The van der Waals surface area contributed by atoms with Crippen LogP contribution in [-0.2, 0) is 17.4 Å². The molecule has 0 radical (unpaired) electrons. The number of carbonyl (C=O) groups is 1. The molecule has 5 rings (SSSR count). The van der Waals surface area contributed by atoms with Crippen molar-refractivity contribution in [2.45, 2.75) is 24.4 Å². The molecule has 0 spiro atoms. The SMILES string of the molecule is COc1ccc(C#N)cc1/C=C(\C#N)c1cn(C(=O)CC(Cc2ccccc2)(Cc2ccccc2)P(=O)(O)O)c2ccc(Br)cc12. The normalized spacial score (nSPS) is 12.0. The van der Waals surface area contributed by atoms with Gasteiger partial charge in [0.25, 0.3) is 0 Å². The molecule has 0 bridgehead atoms. The summed E-state index contributed by atoms with van der Waals surface area (Å²) in [5.74, 6) is -0.0731. The Morgan fingerprint density at radius 2 is 1.59 bits per heavy atom. The summed E-state index contributed by atoms with van der Waals surface area (Å²) in [6.07, 6.45) is 2.59. The molecule has 0 aliphatic carbocycles. The fraction of sp³-hybridized carbons (Fsp3) is 0.139. The third-order valence-corrected chi connectivity index (χ3v) is 10.2. The predicted octanol–water partition coefficient (Wildman–Crippen LogP) is 7.78. The number of aromatic nitrogens is 1. The molecule has 0 fully saturated rings. The molecule has 0 saturated heterocycles. The van der Waals surface area contributed by atoms with E-state index in [1.54, 1.807) is 91.0 Å². The van der Waals surface area contributed by atoms with Gasteiger partial charge in [-0.05, 0) is 66.4 Å². The molecule has 46 heavy (non-hydrogen) atoms. The average Bonchev–Trinajstić information content (AvgIpc) is 3.42. The third-order valence-electron chi connectivity index (χ3n) is 7.95. The number of rotatable bonds is 10. The Morgan fingerprint density at radius 1 is 0.957 bits per heavy atom. The standard InChI is InChI=1S/C36H29BrN3O5P/c1-45-34-15-12-27(22-38)16-28(34)17-29(23-39)32-24-40(33-14-13-30(37)18-31(32)33)35(41)21-36(46(42,43)44,19-25-8-4-2-5-9-25)20-26-10-6-3-7-11-26/h2-18,24H,19-21H2,1H3,(H2,42,43,44)/b29-17+. The lowest BCUT2D eigenvalue weighted by molar-refractivity contribution is 0.0883. The first-order valence-electron chi connectivity index (χ1n) is 14.2. The van der Waals surface area contributed by atoms with Gasteiger partial charge < -0.3 is 14.5 Å². The predicted molar refractivity (Wildman–Crippen MR) is 181 cm³/mol. The van der Waals surface area contributed by atoms with Crippen molar-refractivity contribution in [1.29, 1.82) is 10.5 Å². The fourth-order valence-electron chi connectivity index (χ4n) is 5.68. The monoisotopic (exact) mass is 693 g/mol. The van der Waals surface area contributed by atoms with Gasteiger partial charge in [0.1, 0.15) is 5.75 Å². The Morgan fingerprint density at radius 3 is 2.13 bits per heavy atom. The van der Waals surface area contributed by atoms with E-state index in [0.29, 0.717) is 48.9 Å². The van der Waals surface area contributed by atoms with Crippen LogP contribution in [0.4, 0.5) is 0 Å². The van der Waals surface area contributed by atoms with E-state index in [1.165, 1.54) is 17.9 Å². The first kappa shape index (κ1) is 32.6. The average molecular weight is 695 g/mol. The van der Waals surface area contributed by atoms with Crippen LogP contribution in [0.2, 0.25) is 0 Å². The zero-order valence-electron chi connectivity index (χ0n) is 24.8. The summed E-state index contributed by atoms with van der Waals surface area (Å²) in [5.41, 5.74) is 3.39. The Labute approximate surface area is 275 Å². The lowest BCUT2D eigenvalue weighted by Gasteiger charge is -2.34. The minimum absolute atomic E-state index is 0.0330. The lowest BCUT2D eigenvalue weighted by atomic mass is 9.88. The molecule has 5 aromatic rings. The zero-order valence-corrected chi connectivity index (χ0v) is 27.3. The van der Waals surface area contributed by atoms with Crippen LogP contribution in [0.15, 0.2) is 108 Å². The highest BCUT2D eigenvalue weighted by atomic mass is 79.9. The number of nitrogens with zero attached hydrogens (tertiary/aromatic N) is 3. The van der Waals surface area contributed by atoms with Crippen LogP contribution in [0.25, 0.3) is 22.6 Å². The molecule has 1 aromatic heterocycles. The van der Waals surface area contributed by atoms with E-state index < -0.39 is 25.1 Å². The first-order chi connectivity index (χ1) is 22.1. The van der Waals surface area contributed by atoms with Crippen molar-refractivity contribution in [2.24, 2.45) is 0 Å². The van der Waals surface area contributed by atoms with Crippen LogP contribution < -0.4 is 4.74 Å². The molecule has 2 N–H and O–H groups in total. The number of ether oxygens (including phenoxy) is 1. The van der Waals surface area contributed by atoms with Gasteiger partial charge in [-0.25, -0.2) is 0 Å². The van der Waals surface area contributed by atoms with Gasteiger partial charge in [-0.1, -0.05) is 76.6 Å². The Bertz CT molecular complexity index is 2030. The van der Waals surface area contributed by atoms with Gasteiger partial charge in [0.2, 0.25) is 5.91 Å². The summed E-state index contributed by atoms with van der Waals surface area (Å²) >= 11 is 3.49. The summed E-state index contributed by atoms with van der Waals surface area (Å²) < 4.78 is 21.0. The summed E-state index contributed by atoms with van der Waals surface area (Å²) in [7, 11) is -3.42. The van der Waals surface area contributed by atoms with Crippen LogP contribution in [0.5, 0.6) is 5.75 Å². The van der Waals surface area contributed by atoms with Crippen molar-refractivity contribution in [3.05, 3.63) is 136 Å². The number of fused-ring (bicyclic) bond motifs is 1. The second-order valence-corrected chi connectivity index (χ2v) is 13.9. The van der Waals surface area contributed by atoms with Gasteiger partial charge in [-0.3, -0.25) is 13.9 Å². The fourth-order valence-corrected chi connectivity index (χ4v) is 7.16. The maximum Gasteiger partial charge on any atom is 0.332 e. The lowest BCUT2D eigenvalue weighted by Crippen LogP contribution is -2.38. The van der Waals surface area contributed by atoms with Gasteiger partial charge in [0.15, 0.2) is 0 Å². The van der Waals surface area contributed by atoms with Crippen molar-refractivity contribution in [1.82, 2.24) is 4.57 Å². The third kappa shape index (κ3) is 6.89. The summed E-state index contributed by atoms with van der Waals surface area (Å²) in [5, 5.41) is 18.6. The molecule has 0 atom stereocenters. The van der Waals surface area contributed by atoms with E-state index in [1.807, 2.05) is 12.1 Å². The van der Waals surface area contributed by atoms with Crippen molar-refractivity contribution in [3.63, 3.8) is 0 Å². The summed E-state index contributed by atoms with van der Waals surface area (Å²) in [4.78, 5) is 36.2. The number of hydrogen-bond donors (Lipinski definition) is 2. The zero-order chi connectivity index (χ0) is 32.9. The van der Waals surface area contributed by atoms with E-state index in [-0.39, 0.29) is 18.4 Å². The molecular weight excluding hydrogens is 665 g/mol. The highest BCUT2D eigenvalue weighted by molar-refractivity contribution is 9.10. The maximum atomic E-state index is 14.3.